The molecule has 1 saturated carbocycles. The highest BCUT2D eigenvalue weighted by molar-refractivity contribution is 6.89. The van der Waals surface area contributed by atoms with E-state index in [4.69, 9.17) is 4.42 Å². The average Bonchev–Trinajstić information content (AvgIpc) is 3.63. The lowest BCUT2D eigenvalue weighted by Gasteiger charge is -2.51. The minimum Gasteiger partial charge on any atom is -0.469 e. The van der Waals surface area contributed by atoms with Crippen LogP contribution in [0.15, 0.2) is 99.0 Å². The highest BCUT2D eigenvalue weighted by atomic mass is 16.3. The molecular weight excluding hydrogens is 848 g/mol. The zero-order valence-corrected chi connectivity index (χ0v) is 47.5. The first-order valence-corrected chi connectivity index (χ1v) is 27.6. The topological polar surface area (TPSA) is 19.6 Å². The van der Waals surface area contributed by atoms with Crippen molar-refractivity contribution >= 4 is 51.6 Å². The Morgan fingerprint density at radius 1 is 0.614 bits per heavy atom. The molecule has 3 aromatic carbocycles. The molecule has 0 spiro atoms. The van der Waals surface area contributed by atoms with Crippen molar-refractivity contribution in [2.75, 3.05) is 9.80 Å². The lowest BCUT2D eigenvalue weighted by Crippen LogP contribution is -2.55. The molecule has 0 N–H and O–H groups in total. The third-order valence-electron chi connectivity index (χ3n) is 19.5. The lowest BCUT2D eigenvalue weighted by molar-refractivity contribution is 0.253. The first-order valence-electron chi connectivity index (χ1n) is 27.6. The van der Waals surface area contributed by atoms with Crippen LogP contribution < -0.4 is 20.9 Å². The Labute approximate surface area is 425 Å². The van der Waals surface area contributed by atoms with Crippen LogP contribution in [-0.2, 0) is 21.7 Å². The molecule has 1 fully saturated rings. The molecule has 70 heavy (non-hydrogen) atoms. The Balaban J connectivity index is 1.34. The number of allylic oxidation sites excluding steroid dienone is 5. The fraction of sp³-hybridized carbons (Fsp3) is 0.576. The summed E-state index contributed by atoms with van der Waals surface area (Å²) in [6.45, 7) is 49.3. The number of rotatable bonds is 2. The van der Waals surface area contributed by atoms with Gasteiger partial charge in [0, 0.05) is 28.5 Å². The predicted octanol–water partition coefficient (Wildman–Crippen LogP) is 17.5. The fourth-order valence-corrected chi connectivity index (χ4v) is 14.2. The van der Waals surface area contributed by atoms with E-state index in [2.05, 4.69) is 215 Å². The van der Waals surface area contributed by atoms with Gasteiger partial charge in [-0.15, -0.1) is 0 Å². The maximum absolute atomic E-state index is 7.57. The third-order valence-corrected chi connectivity index (χ3v) is 19.5. The van der Waals surface area contributed by atoms with Gasteiger partial charge in [-0.1, -0.05) is 166 Å². The van der Waals surface area contributed by atoms with Gasteiger partial charge in [0.05, 0.1) is 17.4 Å². The Kier molecular flexibility index (Phi) is 11.1. The number of fused-ring (bicyclic) bond motifs is 6. The SMILES string of the molecule is CC1=CC2=C(CC1N1c3cc(C(C)(C)C)cc4c3B(C/C=C3\C(=C/C1C)C(C)(C)CCC3(C)C)c1oc3ccc(C(C)(C)C)cc3c1N4c1ccc3c(c1)C(C)(C)CCC3(C)C)C(C)(C)CCC2(C)C. The van der Waals surface area contributed by atoms with E-state index < -0.39 is 0 Å². The van der Waals surface area contributed by atoms with Gasteiger partial charge in [-0.3, -0.25) is 0 Å². The largest absolute Gasteiger partial charge is 0.469 e. The van der Waals surface area contributed by atoms with Gasteiger partial charge in [0.2, 0.25) is 0 Å². The van der Waals surface area contributed by atoms with Gasteiger partial charge >= 0.3 is 0 Å². The quantitative estimate of drug-likeness (QED) is 0.187. The van der Waals surface area contributed by atoms with Crippen molar-refractivity contribution in [3.63, 3.8) is 0 Å². The van der Waals surface area contributed by atoms with Crippen molar-refractivity contribution in [3.8, 4) is 0 Å². The van der Waals surface area contributed by atoms with Crippen molar-refractivity contribution < 1.29 is 4.42 Å². The highest BCUT2D eigenvalue weighted by Gasteiger charge is 2.49. The molecule has 3 heterocycles. The Morgan fingerprint density at radius 2 is 1.20 bits per heavy atom. The number of nitrogens with zero attached hydrogens (tertiary/aromatic N) is 2. The van der Waals surface area contributed by atoms with E-state index in [0.717, 1.165) is 24.0 Å². The van der Waals surface area contributed by atoms with Crippen LogP contribution in [0.2, 0.25) is 6.32 Å². The Morgan fingerprint density at radius 3 is 1.86 bits per heavy atom. The molecule has 372 valence electrons. The molecule has 2 unspecified atom stereocenters. The molecule has 3 nitrogen and oxygen atoms in total. The molecule has 10 rings (SSSR count). The standard InChI is InChI=1S/C66H89BN2O/c1-40-33-48-51(66(19,20)31-30-63(48,13)14)39-52(40)68-41(2)34-49-47(62(11,12)27-28-64(49,15)16)25-32-67-56-53(68)36-43(60(6,7)8)37-54(56)69(44-22-23-46-50(38-44)65(17,18)29-26-61(46,9)10)57-45-35-42(59(3,4)5)21-24-55(45)70-58(57)67/h21-25,33-38,41,52H,26-32,39H2,1-20H3/b47-25+,49-34+. The predicted molar refractivity (Wildman–Crippen MR) is 304 cm³/mol. The van der Waals surface area contributed by atoms with Gasteiger partial charge in [-0.25, -0.2) is 0 Å². The molecule has 4 heteroatoms. The molecule has 6 aliphatic rings. The fourth-order valence-electron chi connectivity index (χ4n) is 14.2. The van der Waals surface area contributed by atoms with Crippen molar-refractivity contribution in [1.82, 2.24) is 0 Å². The number of anilines is 4. The van der Waals surface area contributed by atoms with Gasteiger partial charge < -0.3 is 14.2 Å². The first-order chi connectivity index (χ1) is 32.2. The summed E-state index contributed by atoms with van der Waals surface area (Å²) in [5.41, 5.74) is 22.6. The second-order valence-corrected chi connectivity index (χ2v) is 29.5. The van der Waals surface area contributed by atoms with Crippen molar-refractivity contribution in [2.45, 2.75) is 223 Å². The summed E-state index contributed by atoms with van der Waals surface area (Å²) in [5, 5.41) is 1.22. The van der Waals surface area contributed by atoms with E-state index >= 15 is 0 Å². The first kappa shape index (κ1) is 49.4. The third kappa shape index (κ3) is 7.79. The summed E-state index contributed by atoms with van der Waals surface area (Å²) >= 11 is 0. The van der Waals surface area contributed by atoms with E-state index in [0.29, 0.717) is 0 Å². The van der Waals surface area contributed by atoms with E-state index in [9.17, 15) is 0 Å². The van der Waals surface area contributed by atoms with Crippen molar-refractivity contribution in [2.24, 2.45) is 21.7 Å². The minimum atomic E-state index is -0.111. The van der Waals surface area contributed by atoms with Crippen LogP contribution in [0.4, 0.5) is 22.7 Å². The van der Waals surface area contributed by atoms with Crippen LogP contribution in [0, 0.1) is 21.7 Å². The molecule has 2 atom stereocenters. The van der Waals surface area contributed by atoms with Crippen LogP contribution in [0.1, 0.15) is 206 Å². The maximum Gasteiger partial charge on any atom is 0.267 e. The highest BCUT2D eigenvalue weighted by Crippen LogP contribution is 2.57. The normalized spacial score (nSPS) is 26.7. The molecular formula is C66H89BN2O. The molecule has 4 aromatic rings. The lowest BCUT2D eigenvalue weighted by atomic mass is 9.38. The number of hydrogen-bond acceptors (Lipinski definition) is 3. The van der Waals surface area contributed by atoms with E-state index in [1.54, 1.807) is 16.7 Å². The van der Waals surface area contributed by atoms with Crippen molar-refractivity contribution in [1.29, 1.82) is 0 Å². The van der Waals surface area contributed by atoms with E-state index in [1.807, 2.05) is 0 Å². The Bertz CT molecular complexity index is 2950. The van der Waals surface area contributed by atoms with Gasteiger partial charge in [0.25, 0.3) is 6.71 Å². The maximum atomic E-state index is 7.57. The van der Waals surface area contributed by atoms with Gasteiger partial charge in [0.1, 0.15) is 5.58 Å². The zero-order chi connectivity index (χ0) is 50.8. The summed E-state index contributed by atoms with van der Waals surface area (Å²) in [6.07, 6.45) is 17.2. The average molecular weight is 937 g/mol. The summed E-state index contributed by atoms with van der Waals surface area (Å²) in [5.74, 6) is 0. The molecule has 4 aliphatic carbocycles. The zero-order valence-electron chi connectivity index (χ0n) is 47.5. The summed E-state index contributed by atoms with van der Waals surface area (Å²) in [7, 11) is 0. The van der Waals surface area contributed by atoms with Crippen LogP contribution in [-0.4, -0.2) is 18.8 Å². The molecule has 0 amide bonds. The number of hydrogen-bond donors (Lipinski definition) is 0. The van der Waals surface area contributed by atoms with Crippen molar-refractivity contribution in [3.05, 3.63) is 117 Å². The minimum absolute atomic E-state index is 0.00106. The van der Waals surface area contributed by atoms with Gasteiger partial charge in [0.15, 0.2) is 0 Å². The van der Waals surface area contributed by atoms with Gasteiger partial charge in [-0.2, -0.15) is 0 Å². The summed E-state index contributed by atoms with van der Waals surface area (Å²) < 4.78 is 7.57. The molecule has 2 aliphatic heterocycles. The number of benzene rings is 3. The van der Waals surface area contributed by atoms with Crippen LogP contribution in [0.5, 0.6) is 0 Å². The molecule has 0 radical (unpaired) electrons. The van der Waals surface area contributed by atoms with Gasteiger partial charge in [-0.05, 0) is 189 Å². The van der Waals surface area contributed by atoms with Crippen LogP contribution >= 0.6 is 0 Å². The smallest absolute Gasteiger partial charge is 0.267 e. The number of furan rings is 1. The monoisotopic (exact) mass is 937 g/mol. The van der Waals surface area contributed by atoms with Crippen LogP contribution in [0.3, 0.4) is 0 Å². The molecule has 0 bridgehead atoms. The second-order valence-electron chi connectivity index (χ2n) is 29.5. The molecule has 1 aromatic heterocycles. The summed E-state index contributed by atoms with van der Waals surface area (Å²) in [4.78, 5) is 5.65. The molecule has 0 saturated heterocycles. The van der Waals surface area contributed by atoms with E-state index in [-0.39, 0.29) is 62.1 Å². The van der Waals surface area contributed by atoms with E-state index in [1.165, 1.54) is 106 Å². The second kappa shape index (κ2) is 15.7. The van der Waals surface area contributed by atoms with Crippen LogP contribution in [0.25, 0.3) is 11.0 Å². The summed E-state index contributed by atoms with van der Waals surface area (Å²) in [6, 6.07) is 20.2. The Hall–Kier alpha value is -4.18.